The van der Waals surface area contributed by atoms with E-state index in [0.717, 1.165) is 12.3 Å². The van der Waals surface area contributed by atoms with Gasteiger partial charge >= 0.3 is 6.18 Å². The molecule has 3 aromatic rings. The third-order valence-corrected chi connectivity index (χ3v) is 5.19. The zero-order chi connectivity index (χ0) is 25.5. The second-order valence-corrected chi connectivity index (χ2v) is 7.77. The van der Waals surface area contributed by atoms with Crippen molar-refractivity contribution in [3.8, 4) is 5.75 Å². The van der Waals surface area contributed by atoms with Crippen molar-refractivity contribution in [1.29, 1.82) is 0 Å². The molecule has 186 valence electrons. The fourth-order valence-corrected chi connectivity index (χ4v) is 3.61. The Morgan fingerprint density at radius 2 is 1.97 bits per heavy atom. The van der Waals surface area contributed by atoms with Crippen LogP contribution < -0.4 is 20.5 Å². The summed E-state index contributed by atoms with van der Waals surface area (Å²) >= 11 is 0. The standard InChI is InChI=1S/C21H17F6N5O3/c1-31-7-12(5-29-31)30-20(34)16-17(15(18(23)24)6-28-19(16)33)32-8-14(9-32)35-13-3-10(21(25,26)27)2-11(22)4-13/h2-7,14,18H,8-9H2,1H3,(H,28,33)(H,30,34). The first-order valence-corrected chi connectivity index (χ1v) is 10.1. The number of amides is 1. The number of pyridine rings is 1. The number of rotatable bonds is 6. The number of alkyl halides is 5. The van der Waals surface area contributed by atoms with Gasteiger partial charge in [0.05, 0.1) is 41.8 Å². The number of aromatic nitrogens is 3. The molecule has 2 N–H and O–H groups in total. The van der Waals surface area contributed by atoms with Gasteiger partial charge in [0, 0.05) is 25.5 Å². The van der Waals surface area contributed by atoms with Crippen molar-refractivity contribution in [2.45, 2.75) is 18.7 Å². The number of halogens is 6. The summed E-state index contributed by atoms with van der Waals surface area (Å²) in [5.74, 6) is -2.51. The summed E-state index contributed by atoms with van der Waals surface area (Å²) in [6.45, 7) is -0.289. The van der Waals surface area contributed by atoms with Crippen molar-refractivity contribution in [1.82, 2.24) is 14.8 Å². The van der Waals surface area contributed by atoms with Crippen LogP contribution in [0.5, 0.6) is 5.75 Å². The van der Waals surface area contributed by atoms with Gasteiger partial charge in [0.1, 0.15) is 23.2 Å². The fourth-order valence-electron chi connectivity index (χ4n) is 3.61. The highest BCUT2D eigenvalue weighted by Crippen LogP contribution is 2.36. The van der Waals surface area contributed by atoms with E-state index in [2.05, 4.69) is 15.4 Å². The lowest BCUT2D eigenvalue weighted by Gasteiger charge is -2.42. The first-order valence-electron chi connectivity index (χ1n) is 10.1. The van der Waals surface area contributed by atoms with Gasteiger partial charge in [-0.1, -0.05) is 0 Å². The number of aromatic amines is 1. The van der Waals surface area contributed by atoms with Gasteiger partial charge in [-0.3, -0.25) is 14.3 Å². The van der Waals surface area contributed by atoms with E-state index in [1.165, 1.54) is 22.0 Å². The molecular formula is C21H17F6N5O3. The summed E-state index contributed by atoms with van der Waals surface area (Å²) < 4.78 is 86.6. The zero-order valence-electron chi connectivity index (χ0n) is 17.9. The lowest BCUT2D eigenvalue weighted by Crippen LogP contribution is -2.55. The Morgan fingerprint density at radius 3 is 2.57 bits per heavy atom. The molecule has 2 aromatic heterocycles. The summed E-state index contributed by atoms with van der Waals surface area (Å²) in [7, 11) is 1.59. The van der Waals surface area contributed by atoms with Crippen molar-refractivity contribution >= 4 is 17.3 Å². The molecule has 0 unspecified atom stereocenters. The monoisotopic (exact) mass is 501 g/mol. The molecule has 0 bridgehead atoms. The molecule has 0 radical (unpaired) electrons. The second-order valence-electron chi connectivity index (χ2n) is 7.77. The number of H-pyrrole nitrogens is 1. The SMILES string of the molecule is Cn1cc(NC(=O)c2c(N3CC(Oc4cc(F)cc(C(F)(F)F)c4)C3)c(C(F)F)c[nH]c2=O)cn1. The van der Waals surface area contributed by atoms with Crippen LogP contribution in [0.1, 0.15) is 27.9 Å². The quantitative estimate of drug-likeness (QED) is 0.503. The van der Waals surface area contributed by atoms with Crippen LogP contribution in [0.25, 0.3) is 0 Å². The number of carbonyl (C=O) groups excluding carboxylic acids is 1. The summed E-state index contributed by atoms with van der Waals surface area (Å²) in [4.78, 5) is 28.6. The topological polar surface area (TPSA) is 92.2 Å². The molecule has 1 aromatic carbocycles. The van der Waals surface area contributed by atoms with Gasteiger partial charge in [-0.2, -0.15) is 18.3 Å². The number of benzene rings is 1. The van der Waals surface area contributed by atoms with Crippen LogP contribution >= 0.6 is 0 Å². The number of anilines is 2. The molecule has 0 saturated carbocycles. The fraction of sp³-hybridized carbons (Fsp3) is 0.286. The molecule has 1 aliphatic rings. The third kappa shape index (κ3) is 5.10. The highest BCUT2D eigenvalue weighted by molar-refractivity contribution is 6.08. The van der Waals surface area contributed by atoms with Gasteiger partial charge < -0.3 is 19.9 Å². The van der Waals surface area contributed by atoms with E-state index in [0.29, 0.717) is 12.1 Å². The van der Waals surface area contributed by atoms with Gasteiger partial charge in [0.2, 0.25) is 0 Å². The molecule has 8 nitrogen and oxygen atoms in total. The highest BCUT2D eigenvalue weighted by atomic mass is 19.4. The first kappa shape index (κ1) is 24.2. The van der Waals surface area contributed by atoms with Crippen LogP contribution in [0.15, 0.2) is 41.6 Å². The number of aryl methyl sites for hydroxylation is 1. The molecule has 3 heterocycles. The first-order chi connectivity index (χ1) is 16.4. The van der Waals surface area contributed by atoms with Gasteiger partial charge in [0.25, 0.3) is 17.9 Å². The van der Waals surface area contributed by atoms with Gasteiger partial charge in [-0.15, -0.1) is 0 Å². The van der Waals surface area contributed by atoms with E-state index >= 15 is 0 Å². The number of carbonyl (C=O) groups is 1. The maximum absolute atomic E-state index is 13.7. The van der Waals surface area contributed by atoms with Crippen molar-refractivity contribution in [2.75, 3.05) is 23.3 Å². The maximum Gasteiger partial charge on any atom is 0.416 e. The smallest absolute Gasteiger partial charge is 0.416 e. The Balaban J connectivity index is 1.58. The molecular weight excluding hydrogens is 484 g/mol. The van der Waals surface area contributed by atoms with Gasteiger partial charge in [-0.05, 0) is 12.1 Å². The molecule has 0 atom stereocenters. The van der Waals surface area contributed by atoms with Crippen molar-refractivity contribution in [2.24, 2.45) is 7.05 Å². The number of nitrogens with one attached hydrogen (secondary N) is 2. The van der Waals surface area contributed by atoms with E-state index in [1.807, 2.05) is 0 Å². The zero-order valence-corrected chi connectivity index (χ0v) is 17.9. The molecule has 1 aliphatic heterocycles. The van der Waals surface area contributed by atoms with Crippen molar-refractivity contribution < 1.29 is 35.9 Å². The predicted octanol–water partition coefficient (Wildman–Crippen LogP) is 3.72. The Hall–Kier alpha value is -3.97. The molecule has 1 amide bonds. The van der Waals surface area contributed by atoms with Gasteiger partial charge in [0.15, 0.2) is 0 Å². The van der Waals surface area contributed by atoms with Crippen LogP contribution in [-0.2, 0) is 13.2 Å². The Labute approximate surface area is 193 Å². The summed E-state index contributed by atoms with van der Waals surface area (Å²) in [5.41, 5.74) is -3.47. The van der Waals surface area contributed by atoms with E-state index in [4.69, 9.17) is 4.74 Å². The molecule has 0 aliphatic carbocycles. The Kier molecular flexibility index (Phi) is 6.21. The van der Waals surface area contributed by atoms with Crippen LogP contribution in [0.2, 0.25) is 0 Å². The largest absolute Gasteiger partial charge is 0.487 e. The predicted molar refractivity (Wildman–Crippen MR) is 111 cm³/mol. The van der Waals surface area contributed by atoms with E-state index in [9.17, 15) is 35.9 Å². The number of hydrogen-bond donors (Lipinski definition) is 2. The third-order valence-electron chi connectivity index (χ3n) is 5.19. The van der Waals surface area contributed by atoms with E-state index < -0.39 is 58.4 Å². The highest BCUT2D eigenvalue weighted by Gasteiger charge is 2.37. The van der Waals surface area contributed by atoms with Crippen LogP contribution in [-0.4, -0.2) is 39.9 Å². The van der Waals surface area contributed by atoms with Crippen molar-refractivity contribution in [3.05, 3.63) is 69.7 Å². The number of nitrogens with zero attached hydrogens (tertiary/aromatic N) is 3. The van der Waals surface area contributed by atoms with Crippen molar-refractivity contribution in [3.63, 3.8) is 0 Å². The Bertz CT molecular complexity index is 1310. The molecule has 1 saturated heterocycles. The average molecular weight is 501 g/mol. The number of hydrogen-bond acceptors (Lipinski definition) is 5. The van der Waals surface area contributed by atoms with Crippen LogP contribution in [0, 0.1) is 5.82 Å². The molecule has 14 heteroatoms. The molecule has 1 fully saturated rings. The second kappa shape index (κ2) is 9.00. The van der Waals surface area contributed by atoms with Gasteiger partial charge in [-0.25, -0.2) is 13.2 Å². The number of ether oxygens (including phenoxy) is 1. The minimum absolute atomic E-state index is 0.145. The summed E-state index contributed by atoms with van der Waals surface area (Å²) in [5, 5.41) is 6.28. The molecule has 35 heavy (non-hydrogen) atoms. The lowest BCUT2D eigenvalue weighted by molar-refractivity contribution is -0.137. The normalized spacial score (nSPS) is 14.2. The van der Waals surface area contributed by atoms with Crippen LogP contribution in [0.4, 0.5) is 37.7 Å². The average Bonchev–Trinajstić information content (AvgIpc) is 3.13. The lowest BCUT2D eigenvalue weighted by atomic mass is 10.0. The summed E-state index contributed by atoms with van der Waals surface area (Å²) in [6, 6.07) is 1.71. The van der Waals surface area contributed by atoms with E-state index in [-0.39, 0.29) is 24.5 Å². The Morgan fingerprint density at radius 1 is 1.26 bits per heavy atom. The molecule has 4 rings (SSSR count). The van der Waals surface area contributed by atoms with E-state index in [1.54, 1.807) is 7.05 Å². The molecule has 0 spiro atoms. The van der Waals surface area contributed by atoms with Crippen LogP contribution in [0.3, 0.4) is 0 Å². The minimum atomic E-state index is -4.79. The maximum atomic E-state index is 13.7. The minimum Gasteiger partial charge on any atom is -0.487 e. The summed E-state index contributed by atoms with van der Waals surface area (Å²) in [6.07, 6.45) is -5.13.